The maximum atomic E-state index is 13.3. The summed E-state index contributed by atoms with van der Waals surface area (Å²) in [5.41, 5.74) is 1.22. The van der Waals surface area contributed by atoms with Crippen molar-refractivity contribution in [2.45, 2.75) is 18.2 Å². The molecule has 0 radical (unpaired) electrons. The van der Waals surface area contributed by atoms with E-state index >= 15 is 0 Å². The number of nitrogens with one attached hydrogen (secondary N) is 1. The van der Waals surface area contributed by atoms with Gasteiger partial charge in [-0.1, -0.05) is 29.1 Å². The van der Waals surface area contributed by atoms with E-state index in [1.54, 1.807) is 28.8 Å². The van der Waals surface area contributed by atoms with Crippen molar-refractivity contribution in [3.63, 3.8) is 0 Å². The molecule has 0 spiro atoms. The second-order valence-electron chi connectivity index (χ2n) is 7.05. The van der Waals surface area contributed by atoms with Gasteiger partial charge in [-0.2, -0.15) is 4.98 Å². The van der Waals surface area contributed by atoms with Crippen molar-refractivity contribution in [1.29, 1.82) is 0 Å². The van der Waals surface area contributed by atoms with Gasteiger partial charge < -0.3 is 19.3 Å². The van der Waals surface area contributed by atoms with Crippen LogP contribution in [0.3, 0.4) is 0 Å². The van der Waals surface area contributed by atoms with Gasteiger partial charge in [-0.05, 0) is 42.7 Å². The van der Waals surface area contributed by atoms with Crippen LogP contribution in [-0.2, 0) is 22.6 Å². The number of methoxy groups -OCH3 is 1. The van der Waals surface area contributed by atoms with Crippen LogP contribution in [0.1, 0.15) is 22.2 Å². The number of esters is 1. The summed E-state index contributed by atoms with van der Waals surface area (Å²) in [7, 11) is 1.51. The van der Waals surface area contributed by atoms with E-state index in [0.29, 0.717) is 22.3 Å². The molecule has 0 fully saturated rings. The summed E-state index contributed by atoms with van der Waals surface area (Å²) < 4.78 is 30.5. The highest BCUT2D eigenvalue weighted by molar-refractivity contribution is 7.98. The molecular formula is C23H20FN5O5S. The van der Waals surface area contributed by atoms with Crippen molar-refractivity contribution in [1.82, 2.24) is 19.7 Å². The van der Waals surface area contributed by atoms with Crippen LogP contribution in [0.5, 0.6) is 5.75 Å². The third-order valence-corrected chi connectivity index (χ3v) is 5.40. The molecule has 1 N–H and O–H groups in total. The molecule has 2 aromatic carbocycles. The predicted molar refractivity (Wildman–Crippen MR) is 124 cm³/mol. The molecule has 12 heteroatoms. The number of thioether (sulfide) groups is 1. The molecule has 0 atom stereocenters. The number of aromatic nitrogens is 4. The fourth-order valence-electron chi connectivity index (χ4n) is 3.17. The molecule has 0 saturated carbocycles. The average Bonchev–Trinajstić information content (AvgIpc) is 3.50. The molecule has 4 rings (SSSR count). The first-order valence-corrected chi connectivity index (χ1v) is 11.5. The Morgan fingerprint density at radius 1 is 1.17 bits per heavy atom. The first kappa shape index (κ1) is 24.0. The molecule has 0 aliphatic carbocycles. The van der Waals surface area contributed by atoms with E-state index in [2.05, 4.69) is 20.4 Å². The number of rotatable bonds is 9. The zero-order valence-electron chi connectivity index (χ0n) is 18.7. The Kier molecular flexibility index (Phi) is 7.41. The van der Waals surface area contributed by atoms with Crippen LogP contribution >= 0.6 is 11.8 Å². The van der Waals surface area contributed by atoms with Crippen LogP contribution in [0.25, 0.3) is 5.69 Å². The SMILES string of the molecule is COc1ccccc1NC(=O)Cc1noc(COC(=O)c2cnc(SC)n2-c2ccc(F)cc2)n1. The molecule has 4 aromatic rings. The number of carbonyl (C=O) groups is 2. The van der Waals surface area contributed by atoms with Crippen LogP contribution in [0.2, 0.25) is 0 Å². The largest absolute Gasteiger partial charge is 0.495 e. The van der Waals surface area contributed by atoms with Gasteiger partial charge in [0.05, 0.1) is 25.4 Å². The van der Waals surface area contributed by atoms with Gasteiger partial charge in [-0.3, -0.25) is 9.36 Å². The van der Waals surface area contributed by atoms with Crippen molar-refractivity contribution in [2.24, 2.45) is 0 Å². The van der Waals surface area contributed by atoms with E-state index in [1.165, 1.54) is 49.3 Å². The van der Waals surface area contributed by atoms with Crippen molar-refractivity contribution >= 4 is 29.3 Å². The topological polar surface area (TPSA) is 121 Å². The molecule has 180 valence electrons. The molecule has 0 unspecified atom stereocenters. The molecule has 1 amide bonds. The molecular weight excluding hydrogens is 477 g/mol. The van der Waals surface area contributed by atoms with Gasteiger partial charge in [0.15, 0.2) is 23.3 Å². The predicted octanol–water partition coefficient (Wildman–Crippen LogP) is 3.66. The molecule has 10 nitrogen and oxygen atoms in total. The lowest BCUT2D eigenvalue weighted by molar-refractivity contribution is -0.115. The third-order valence-electron chi connectivity index (χ3n) is 4.74. The Labute approximate surface area is 203 Å². The Morgan fingerprint density at radius 3 is 2.69 bits per heavy atom. The number of hydrogen-bond donors (Lipinski definition) is 1. The molecule has 0 aliphatic heterocycles. The van der Waals surface area contributed by atoms with Crippen LogP contribution in [0.4, 0.5) is 10.1 Å². The lowest BCUT2D eigenvalue weighted by Gasteiger charge is -2.10. The number of imidazole rings is 1. The Morgan fingerprint density at radius 2 is 1.94 bits per heavy atom. The van der Waals surface area contributed by atoms with Crippen LogP contribution in [0, 0.1) is 5.82 Å². The summed E-state index contributed by atoms with van der Waals surface area (Å²) in [6.07, 6.45) is 3.03. The van der Waals surface area contributed by atoms with Gasteiger partial charge in [-0.15, -0.1) is 0 Å². The summed E-state index contributed by atoms with van der Waals surface area (Å²) >= 11 is 1.32. The van der Waals surface area contributed by atoms with E-state index in [1.807, 2.05) is 6.26 Å². The first-order valence-electron chi connectivity index (χ1n) is 10.3. The van der Waals surface area contributed by atoms with Crippen LogP contribution < -0.4 is 10.1 Å². The van der Waals surface area contributed by atoms with E-state index in [-0.39, 0.29) is 36.3 Å². The minimum absolute atomic E-state index is 0.0244. The average molecular weight is 498 g/mol. The minimum Gasteiger partial charge on any atom is -0.495 e. The summed E-state index contributed by atoms with van der Waals surface area (Å²) in [5.74, 6) is -0.776. The normalized spacial score (nSPS) is 10.7. The minimum atomic E-state index is -0.684. The monoisotopic (exact) mass is 497 g/mol. The quantitative estimate of drug-likeness (QED) is 0.273. The fraction of sp³-hybridized carbons (Fsp3) is 0.174. The number of anilines is 1. The molecule has 35 heavy (non-hydrogen) atoms. The summed E-state index contributed by atoms with van der Waals surface area (Å²) in [4.78, 5) is 33.4. The second-order valence-corrected chi connectivity index (χ2v) is 7.82. The molecule has 0 bridgehead atoms. The molecule has 2 aromatic heterocycles. The summed E-state index contributed by atoms with van der Waals surface area (Å²) in [5, 5.41) is 7.01. The maximum Gasteiger partial charge on any atom is 0.357 e. The Hall–Kier alpha value is -4.19. The first-order chi connectivity index (χ1) is 17.0. The van der Waals surface area contributed by atoms with Crippen LogP contribution in [-0.4, -0.2) is 44.9 Å². The highest BCUT2D eigenvalue weighted by Gasteiger charge is 2.20. The highest BCUT2D eigenvalue weighted by Crippen LogP contribution is 2.24. The molecule has 0 saturated heterocycles. The van der Waals surface area contributed by atoms with Crippen molar-refractivity contribution < 1.29 is 28.0 Å². The number of para-hydroxylation sites is 2. The zero-order valence-corrected chi connectivity index (χ0v) is 19.5. The maximum absolute atomic E-state index is 13.3. The second kappa shape index (κ2) is 10.8. The molecule has 0 aliphatic rings. The number of hydrogen-bond acceptors (Lipinski definition) is 9. The number of halogens is 1. The lowest BCUT2D eigenvalue weighted by Crippen LogP contribution is -2.16. The van der Waals surface area contributed by atoms with E-state index < -0.39 is 11.8 Å². The van der Waals surface area contributed by atoms with E-state index in [4.69, 9.17) is 14.0 Å². The van der Waals surface area contributed by atoms with Gasteiger partial charge >= 0.3 is 5.97 Å². The fourth-order valence-corrected chi connectivity index (χ4v) is 3.71. The number of ether oxygens (including phenoxy) is 2. The van der Waals surface area contributed by atoms with Gasteiger partial charge in [0, 0.05) is 5.69 Å². The molecule has 2 heterocycles. The van der Waals surface area contributed by atoms with Crippen molar-refractivity contribution in [3.05, 3.63) is 78.0 Å². The standard InChI is InChI=1S/C23H20FN5O5S/c1-32-18-6-4-3-5-16(18)26-20(30)11-19-27-21(34-28-19)13-33-22(31)17-12-25-23(35-2)29(17)15-9-7-14(24)8-10-15/h3-10,12H,11,13H2,1-2H3,(H,26,30). The summed E-state index contributed by atoms with van der Waals surface area (Å²) in [6, 6.07) is 12.6. The van der Waals surface area contributed by atoms with Crippen LogP contribution in [0.15, 0.2) is 64.4 Å². The number of carbonyl (C=O) groups excluding carboxylic acids is 2. The Bertz CT molecular complexity index is 1340. The smallest absolute Gasteiger partial charge is 0.357 e. The van der Waals surface area contributed by atoms with E-state index in [9.17, 15) is 14.0 Å². The number of amides is 1. The zero-order chi connectivity index (χ0) is 24.8. The van der Waals surface area contributed by atoms with Crippen molar-refractivity contribution in [3.8, 4) is 11.4 Å². The van der Waals surface area contributed by atoms with Gasteiger partial charge in [0.2, 0.25) is 5.91 Å². The number of nitrogens with zero attached hydrogens (tertiary/aromatic N) is 4. The Balaban J connectivity index is 1.38. The van der Waals surface area contributed by atoms with Gasteiger partial charge in [0.1, 0.15) is 11.6 Å². The number of benzene rings is 2. The lowest BCUT2D eigenvalue weighted by atomic mass is 10.2. The van der Waals surface area contributed by atoms with Gasteiger partial charge in [0.25, 0.3) is 5.89 Å². The van der Waals surface area contributed by atoms with E-state index in [0.717, 1.165) is 0 Å². The van der Waals surface area contributed by atoms with Crippen molar-refractivity contribution in [2.75, 3.05) is 18.7 Å². The third kappa shape index (κ3) is 5.66. The highest BCUT2D eigenvalue weighted by atomic mass is 32.2. The summed E-state index contributed by atoms with van der Waals surface area (Å²) in [6.45, 7) is -0.302. The van der Waals surface area contributed by atoms with Gasteiger partial charge in [-0.25, -0.2) is 14.2 Å².